The predicted molar refractivity (Wildman–Crippen MR) is 64.8 cm³/mol. The molecule has 1 amide bonds. The normalized spacial score (nSPS) is 24.6. The van der Waals surface area contributed by atoms with Crippen molar-refractivity contribution in [2.45, 2.75) is 33.6 Å². The number of rotatable bonds is 2. The van der Waals surface area contributed by atoms with Gasteiger partial charge in [-0.25, -0.2) is 4.98 Å². The second-order valence-electron chi connectivity index (χ2n) is 5.38. The Morgan fingerprint density at radius 3 is 2.53 bits per heavy atom. The van der Waals surface area contributed by atoms with Gasteiger partial charge >= 0.3 is 0 Å². The molecule has 1 aromatic heterocycles. The summed E-state index contributed by atoms with van der Waals surface area (Å²) in [5.74, 6) is 2.02. The summed E-state index contributed by atoms with van der Waals surface area (Å²) >= 11 is 0. The van der Waals surface area contributed by atoms with Gasteiger partial charge in [-0.15, -0.1) is 0 Å². The first kappa shape index (κ1) is 12.1. The van der Waals surface area contributed by atoms with E-state index >= 15 is 0 Å². The molecule has 0 radical (unpaired) electrons. The van der Waals surface area contributed by atoms with Gasteiger partial charge in [0.15, 0.2) is 12.1 Å². The van der Waals surface area contributed by atoms with E-state index in [1.165, 1.54) is 6.39 Å². The maximum atomic E-state index is 12.3. The smallest absolute Gasteiger partial charge is 0.276 e. The molecule has 0 bridgehead atoms. The van der Waals surface area contributed by atoms with Crippen LogP contribution in [0.15, 0.2) is 10.8 Å². The second kappa shape index (κ2) is 4.51. The first-order valence-corrected chi connectivity index (χ1v) is 6.23. The molecule has 4 nitrogen and oxygen atoms in total. The summed E-state index contributed by atoms with van der Waals surface area (Å²) in [5, 5.41) is 0. The molecule has 4 heteroatoms. The highest BCUT2D eigenvalue weighted by Crippen LogP contribution is 2.26. The van der Waals surface area contributed by atoms with Crippen LogP contribution in [0.5, 0.6) is 0 Å². The molecule has 0 aromatic carbocycles. The third-order valence-electron chi connectivity index (χ3n) is 3.60. The lowest BCUT2D eigenvalue weighted by atomic mass is 10.0. The molecule has 0 spiro atoms. The second-order valence-corrected chi connectivity index (χ2v) is 5.38. The Kier molecular flexibility index (Phi) is 3.22. The van der Waals surface area contributed by atoms with Gasteiger partial charge in [-0.3, -0.25) is 4.79 Å². The van der Waals surface area contributed by atoms with E-state index in [1.54, 1.807) is 0 Å². The Morgan fingerprint density at radius 2 is 2.00 bits per heavy atom. The van der Waals surface area contributed by atoms with Crippen LogP contribution in [-0.4, -0.2) is 28.9 Å². The molecule has 2 atom stereocenters. The molecule has 1 saturated heterocycles. The molecule has 1 aromatic rings. The Balaban J connectivity index is 2.18. The highest BCUT2D eigenvalue weighted by molar-refractivity contribution is 5.93. The van der Waals surface area contributed by atoms with Crippen molar-refractivity contribution in [3.05, 3.63) is 17.8 Å². The highest BCUT2D eigenvalue weighted by Gasteiger charge is 2.32. The van der Waals surface area contributed by atoms with Crippen LogP contribution >= 0.6 is 0 Å². The van der Waals surface area contributed by atoms with Crippen molar-refractivity contribution in [1.82, 2.24) is 9.88 Å². The average Bonchev–Trinajstić information content (AvgIpc) is 2.85. The Labute approximate surface area is 102 Å². The Morgan fingerprint density at radius 1 is 1.41 bits per heavy atom. The monoisotopic (exact) mass is 236 g/mol. The molecular formula is C13H20N2O2. The number of carbonyl (C=O) groups excluding carboxylic acids is 1. The van der Waals surface area contributed by atoms with Gasteiger partial charge in [0.2, 0.25) is 0 Å². The van der Waals surface area contributed by atoms with Crippen LogP contribution in [0.4, 0.5) is 0 Å². The van der Waals surface area contributed by atoms with E-state index < -0.39 is 0 Å². The zero-order chi connectivity index (χ0) is 12.6. The summed E-state index contributed by atoms with van der Waals surface area (Å²) in [6.07, 6.45) is 1.37. The summed E-state index contributed by atoms with van der Waals surface area (Å²) in [6, 6.07) is 0. The van der Waals surface area contributed by atoms with E-state index in [0.717, 1.165) is 13.1 Å². The molecule has 2 unspecified atom stereocenters. The van der Waals surface area contributed by atoms with E-state index in [0.29, 0.717) is 23.3 Å². The SMILES string of the molecule is CC(C)c1ocnc1C(=O)N1CC(C)C(C)C1. The summed E-state index contributed by atoms with van der Waals surface area (Å²) in [6.45, 7) is 10.0. The van der Waals surface area contributed by atoms with Crippen LogP contribution in [0.2, 0.25) is 0 Å². The van der Waals surface area contributed by atoms with Gasteiger partial charge in [-0.05, 0) is 11.8 Å². The Hall–Kier alpha value is -1.32. The summed E-state index contributed by atoms with van der Waals surface area (Å²) in [7, 11) is 0. The van der Waals surface area contributed by atoms with Crippen LogP contribution < -0.4 is 0 Å². The quantitative estimate of drug-likeness (QED) is 0.792. The highest BCUT2D eigenvalue weighted by atomic mass is 16.3. The number of carbonyl (C=O) groups is 1. The molecule has 0 N–H and O–H groups in total. The predicted octanol–water partition coefficient (Wildman–Crippen LogP) is 2.53. The summed E-state index contributed by atoms with van der Waals surface area (Å²) in [5.41, 5.74) is 0.487. The molecule has 1 aliphatic rings. The third kappa shape index (κ3) is 2.21. The van der Waals surface area contributed by atoms with Gasteiger partial charge in [-0.1, -0.05) is 27.7 Å². The molecule has 2 heterocycles. The van der Waals surface area contributed by atoms with E-state index in [1.807, 2.05) is 18.7 Å². The molecule has 94 valence electrons. The van der Waals surface area contributed by atoms with Crippen LogP contribution in [0.1, 0.15) is 49.9 Å². The van der Waals surface area contributed by atoms with E-state index in [-0.39, 0.29) is 11.8 Å². The fraction of sp³-hybridized carbons (Fsp3) is 0.692. The number of likely N-dealkylation sites (tertiary alicyclic amines) is 1. The van der Waals surface area contributed by atoms with Crippen LogP contribution in [0.3, 0.4) is 0 Å². The standard InChI is InChI=1S/C13H20N2O2/c1-8(2)12-11(14-7-17-12)13(16)15-5-9(3)10(4)6-15/h7-10H,5-6H2,1-4H3. The van der Waals surface area contributed by atoms with Gasteiger partial charge in [0.25, 0.3) is 5.91 Å². The van der Waals surface area contributed by atoms with Gasteiger partial charge in [0.05, 0.1) is 0 Å². The molecular weight excluding hydrogens is 216 g/mol. The van der Waals surface area contributed by atoms with Crippen molar-refractivity contribution >= 4 is 5.91 Å². The third-order valence-corrected chi connectivity index (χ3v) is 3.60. The number of nitrogens with zero attached hydrogens (tertiary/aromatic N) is 2. The first-order chi connectivity index (χ1) is 8.00. The minimum absolute atomic E-state index is 0.0126. The minimum atomic E-state index is 0.0126. The van der Waals surface area contributed by atoms with Crippen LogP contribution in [-0.2, 0) is 0 Å². The maximum absolute atomic E-state index is 12.3. The zero-order valence-corrected chi connectivity index (χ0v) is 10.9. The first-order valence-electron chi connectivity index (χ1n) is 6.23. The lowest BCUT2D eigenvalue weighted by Gasteiger charge is -2.15. The van der Waals surface area contributed by atoms with Crippen molar-refractivity contribution in [3.63, 3.8) is 0 Å². The van der Waals surface area contributed by atoms with Crippen molar-refractivity contribution in [1.29, 1.82) is 0 Å². The number of hydrogen-bond acceptors (Lipinski definition) is 3. The lowest BCUT2D eigenvalue weighted by molar-refractivity contribution is 0.0777. The fourth-order valence-electron chi connectivity index (χ4n) is 2.27. The molecule has 0 saturated carbocycles. The largest absolute Gasteiger partial charge is 0.447 e. The Bertz CT molecular complexity index is 401. The van der Waals surface area contributed by atoms with Crippen molar-refractivity contribution in [2.75, 3.05) is 13.1 Å². The summed E-state index contributed by atoms with van der Waals surface area (Å²) in [4.78, 5) is 18.3. The summed E-state index contributed by atoms with van der Waals surface area (Å²) < 4.78 is 5.30. The lowest BCUT2D eigenvalue weighted by Crippen LogP contribution is -2.30. The minimum Gasteiger partial charge on any atom is -0.447 e. The molecule has 2 rings (SSSR count). The maximum Gasteiger partial charge on any atom is 0.276 e. The van der Waals surface area contributed by atoms with Crippen molar-refractivity contribution < 1.29 is 9.21 Å². The van der Waals surface area contributed by atoms with Crippen molar-refractivity contribution in [2.24, 2.45) is 11.8 Å². The van der Waals surface area contributed by atoms with E-state index in [2.05, 4.69) is 18.8 Å². The number of hydrogen-bond donors (Lipinski definition) is 0. The number of amides is 1. The van der Waals surface area contributed by atoms with Crippen LogP contribution in [0, 0.1) is 11.8 Å². The van der Waals surface area contributed by atoms with Gasteiger partial charge in [0, 0.05) is 19.0 Å². The van der Waals surface area contributed by atoms with E-state index in [4.69, 9.17) is 4.42 Å². The number of aromatic nitrogens is 1. The van der Waals surface area contributed by atoms with Gasteiger partial charge in [-0.2, -0.15) is 0 Å². The van der Waals surface area contributed by atoms with Crippen molar-refractivity contribution in [3.8, 4) is 0 Å². The van der Waals surface area contributed by atoms with Gasteiger partial charge in [0.1, 0.15) is 5.76 Å². The molecule has 17 heavy (non-hydrogen) atoms. The van der Waals surface area contributed by atoms with Crippen LogP contribution in [0.25, 0.3) is 0 Å². The fourth-order valence-corrected chi connectivity index (χ4v) is 2.27. The average molecular weight is 236 g/mol. The molecule has 0 aliphatic carbocycles. The van der Waals surface area contributed by atoms with Gasteiger partial charge < -0.3 is 9.32 Å². The number of oxazole rings is 1. The molecule has 1 aliphatic heterocycles. The van der Waals surface area contributed by atoms with E-state index in [9.17, 15) is 4.79 Å². The topological polar surface area (TPSA) is 46.3 Å². The zero-order valence-electron chi connectivity index (χ0n) is 10.9. The molecule has 1 fully saturated rings.